The first kappa shape index (κ1) is 13.6. The molecule has 4 aromatic heterocycles. The van der Waals surface area contributed by atoms with Crippen molar-refractivity contribution in [3.05, 3.63) is 70.9 Å². The zero-order valence-corrected chi connectivity index (χ0v) is 12.7. The molecule has 0 spiro atoms. The molecule has 1 amide bonds. The van der Waals surface area contributed by atoms with Crippen molar-refractivity contribution in [3.8, 4) is 5.82 Å². The Morgan fingerprint density at radius 2 is 2.09 bits per heavy atom. The molecule has 0 saturated heterocycles. The lowest BCUT2D eigenvalue weighted by Crippen LogP contribution is -2.15. The van der Waals surface area contributed by atoms with Gasteiger partial charge in [-0.05, 0) is 24.3 Å². The second-order valence-electron chi connectivity index (χ2n) is 4.76. The highest BCUT2D eigenvalue weighted by Crippen LogP contribution is 2.16. The van der Waals surface area contributed by atoms with Crippen LogP contribution in [-0.4, -0.2) is 25.4 Å². The molecule has 0 bridgehead atoms. The summed E-state index contributed by atoms with van der Waals surface area (Å²) < 4.78 is 1.79. The molecule has 6 nitrogen and oxygen atoms in total. The van der Waals surface area contributed by atoms with Gasteiger partial charge in [-0.25, -0.2) is 9.97 Å². The van der Waals surface area contributed by atoms with Gasteiger partial charge in [0, 0.05) is 35.6 Å². The Kier molecular flexibility index (Phi) is 3.32. The smallest absolute Gasteiger partial charge is 0.281 e. The molecule has 7 heteroatoms. The van der Waals surface area contributed by atoms with Crippen molar-refractivity contribution in [2.24, 2.45) is 4.99 Å². The number of nitrogens with zero attached hydrogens (tertiary/aromatic N) is 4. The predicted molar refractivity (Wildman–Crippen MR) is 87.4 cm³/mol. The van der Waals surface area contributed by atoms with Crippen LogP contribution in [0.1, 0.15) is 10.4 Å². The van der Waals surface area contributed by atoms with E-state index in [4.69, 9.17) is 0 Å². The van der Waals surface area contributed by atoms with Crippen molar-refractivity contribution in [2.75, 3.05) is 0 Å². The number of H-pyrrole nitrogens is 1. The van der Waals surface area contributed by atoms with Crippen LogP contribution in [0, 0.1) is 0 Å². The SMILES string of the molecule is O=C(N=c1sccn1-c1ccccn1)c1c[nH]c2ncccc12. The summed E-state index contributed by atoms with van der Waals surface area (Å²) in [6, 6.07) is 9.25. The van der Waals surface area contributed by atoms with E-state index in [1.165, 1.54) is 11.3 Å². The average Bonchev–Trinajstić information content (AvgIpc) is 3.22. The Bertz CT molecular complexity index is 1040. The van der Waals surface area contributed by atoms with Gasteiger partial charge < -0.3 is 4.98 Å². The first-order chi connectivity index (χ1) is 11.3. The van der Waals surface area contributed by atoms with Crippen molar-refractivity contribution < 1.29 is 4.79 Å². The Hall–Kier alpha value is -3.06. The molecule has 0 aliphatic heterocycles. The summed E-state index contributed by atoms with van der Waals surface area (Å²) in [5, 5.41) is 2.64. The zero-order valence-electron chi connectivity index (χ0n) is 11.9. The molecule has 0 aliphatic rings. The molecule has 0 fully saturated rings. The number of carbonyl (C=O) groups excluding carboxylic acids is 1. The van der Waals surface area contributed by atoms with Crippen LogP contribution in [0.25, 0.3) is 16.9 Å². The minimum absolute atomic E-state index is 0.309. The highest BCUT2D eigenvalue weighted by atomic mass is 32.1. The fourth-order valence-electron chi connectivity index (χ4n) is 2.30. The fraction of sp³-hybridized carbons (Fsp3) is 0. The Labute approximate surface area is 134 Å². The number of rotatable bonds is 2. The molecule has 0 atom stereocenters. The molecular weight excluding hydrogens is 310 g/mol. The lowest BCUT2D eigenvalue weighted by atomic mass is 10.2. The summed E-state index contributed by atoms with van der Waals surface area (Å²) in [6.07, 6.45) is 6.87. The maximum absolute atomic E-state index is 12.5. The highest BCUT2D eigenvalue weighted by Gasteiger charge is 2.12. The van der Waals surface area contributed by atoms with Crippen LogP contribution < -0.4 is 4.80 Å². The van der Waals surface area contributed by atoms with E-state index in [0.29, 0.717) is 16.0 Å². The number of aromatic amines is 1. The van der Waals surface area contributed by atoms with Gasteiger partial charge in [0.15, 0.2) is 4.80 Å². The largest absolute Gasteiger partial charge is 0.345 e. The first-order valence-corrected chi connectivity index (χ1v) is 7.79. The minimum Gasteiger partial charge on any atom is -0.345 e. The average molecular weight is 321 g/mol. The fourth-order valence-corrected chi connectivity index (χ4v) is 3.01. The summed E-state index contributed by atoms with van der Waals surface area (Å²) in [4.78, 5) is 28.8. The summed E-state index contributed by atoms with van der Waals surface area (Å²) >= 11 is 1.39. The third-order valence-corrected chi connectivity index (χ3v) is 4.12. The molecule has 4 heterocycles. The van der Waals surface area contributed by atoms with E-state index < -0.39 is 0 Å². The van der Waals surface area contributed by atoms with E-state index >= 15 is 0 Å². The van der Waals surface area contributed by atoms with Gasteiger partial charge in [0.2, 0.25) is 0 Å². The van der Waals surface area contributed by atoms with Crippen molar-refractivity contribution in [1.82, 2.24) is 19.5 Å². The second kappa shape index (κ2) is 5.62. The number of nitrogens with one attached hydrogen (secondary N) is 1. The third-order valence-electron chi connectivity index (χ3n) is 3.36. The van der Waals surface area contributed by atoms with Gasteiger partial charge in [-0.1, -0.05) is 6.07 Å². The van der Waals surface area contributed by atoms with E-state index in [1.807, 2.05) is 35.8 Å². The first-order valence-electron chi connectivity index (χ1n) is 6.91. The van der Waals surface area contributed by atoms with E-state index in [2.05, 4.69) is 19.9 Å². The molecule has 0 unspecified atom stereocenters. The van der Waals surface area contributed by atoms with Crippen molar-refractivity contribution in [1.29, 1.82) is 0 Å². The Morgan fingerprint density at radius 1 is 1.17 bits per heavy atom. The third kappa shape index (κ3) is 2.47. The monoisotopic (exact) mass is 321 g/mol. The summed E-state index contributed by atoms with van der Waals surface area (Å²) in [6.45, 7) is 0. The summed E-state index contributed by atoms with van der Waals surface area (Å²) in [7, 11) is 0. The number of aromatic nitrogens is 4. The number of carbonyl (C=O) groups is 1. The quantitative estimate of drug-likeness (QED) is 0.616. The molecule has 1 N–H and O–H groups in total. The number of fused-ring (bicyclic) bond motifs is 1. The number of hydrogen-bond acceptors (Lipinski definition) is 4. The van der Waals surface area contributed by atoms with Gasteiger partial charge in [0.25, 0.3) is 5.91 Å². The molecule has 4 aromatic rings. The van der Waals surface area contributed by atoms with Crippen LogP contribution in [-0.2, 0) is 0 Å². The second-order valence-corrected chi connectivity index (χ2v) is 5.64. The topological polar surface area (TPSA) is 75.9 Å². The molecule has 0 aromatic carbocycles. The minimum atomic E-state index is -0.309. The van der Waals surface area contributed by atoms with E-state index in [9.17, 15) is 4.79 Å². The normalized spacial score (nSPS) is 11.9. The molecule has 0 saturated carbocycles. The molecule has 112 valence electrons. The van der Waals surface area contributed by atoms with Gasteiger partial charge in [0.05, 0.1) is 5.56 Å². The van der Waals surface area contributed by atoms with Crippen molar-refractivity contribution in [3.63, 3.8) is 0 Å². The predicted octanol–water partition coefficient (Wildman–Crippen LogP) is 2.55. The molecule has 4 rings (SSSR count). The van der Waals surface area contributed by atoms with Crippen LogP contribution in [0.4, 0.5) is 0 Å². The van der Waals surface area contributed by atoms with Gasteiger partial charge in [-0.2, -0.15) is 4.99 Å². The number of pyridine rings is 2. The van der Waals surface area contributed by atoms with Crippen molar-refractivity contribution >= 4 is 28.3 Å². The van der Waals surface area contributed by atoms with Gasteiger partial charge in [-0.3, -0.25) is 9.36 Å². The zero-order chi connectivity index (χ0) is 15.6. The number of thiazole rings is 1. The lowest BCUT2D eigenvalue weighted by Gasteiger charge is -2.00. The van der Waals surface area contributed by atoms with E-state index in [1.54, 1.807) is 29.2 Å². The number of amides is 1. The molecule has 0 aliphatic carbocycles. The molecule has 23 heavy (non-hydrogen) atoms. The Morgan fingerprint density at radius 3 is 2.96 bits per heavy atom. The highest BCUT2D eigenvalue weighted by molar-refractivity contribution is 7.07. The standard InChI is InChI=1S/C16H11N5OS/c22-15(12-10-19-14-11(12)4-3-7-18-14)20-16-21(8-9-23-16)13-5-1-2-6-17-13/h1-10H,(H,18,19). The van der Waals surface area contributed by atoms with Crippen LogP contribution in [0.15, 0.2) is 65.5 Å². The maximum Gasteiger partial charge on any atom is 0.281 e. The van der Waals surface area contributed by atoms with E-state index in [0.717, 1.165) is 11.2 Å². The van der Waals surface area contributed by atoms with Crippen LogP contribution in [0.5, 0.6) is 0 Å². The van der Waals surface area contributed by atoms with Gasteiger partial charge >= 0.3 is 0 Å². The van der Waals surface area contributed by atoms with Crippen LogP contribution >= 0.6 is 11.3 Å². The van der Waals surface area contributed by atoms with Gasteiger partial charge in [0.1, 0.15) is 11.5 Å². The summed E-state index contributed by atoms with van der Waals surface area (Å²) in [5.41, 5.74) is 1.18. The van der Waals surface area contributed by atoms with Crippen molar-refractivity contribution in [2.45, 2.75) is 0 Å². The molecule has 0 radical (unpaired) electrons. The maximum atomic E-state index is 12.5. The summed E-state index contributed by atoms with van der Waals surface area (Å²) in [5.74, 6) is 0.414. The van der Waals surface area contributed by atoms with Crippen LogP contribution in [0.3, 0.4) is 0 Å². The van der Waals surface area contributed by atoms with Crippen LogP contribution in [0.2, 0.25) is 0 Å². The number of hydrogen-bond donors (Lipinski definition) is 1. The van der Waals surface area contributed by atoms with Gasteiger partial charge in [-0.15, -0.1) is 11.3 Å². The lowest BCUT2D eigenvalue weighted by molar-refractivity contribution is 0.0999. The molecular formula is C16H11N5OS. The van der Waals surface area contributed by atoms with E-state index in [-0.39, 0.29) is 5.91 Å². The Balaban J connectivity index is 1.80.